The average Bonchev–Trinajstić information content (AvgIpc) is 2.52. The van der Waals surface area contributed by atoms with E-state index in [9.17, 15) is 22.0 Å². The highest BCUT2D eigenvalue weighted by Crippen LogP contribution is 2.23. The second-order valence-electron chi connectivity index (χ2n) is 4.47. The molecule has 0 spiro atoms. The van der Waals surface area contributed by atoms with Crippen LogP contribution in [0.2, 0.25) is 0 Å². The van der Waals surface area contributed by atoms with Crippen molar-refractivity contribution in [3.05, 3.63) is 70.0 Å². The Kier molecular flexibility index (Phi) is 4.75. The van der Waals surface area contributed by atoms with Gasteiger partial charge in [0.05, 0.1) is 11.8 Å². The molecule has 0 heterocycles. The number of benzene rings is 2. The second-order valence-corrected chi connectivity index (χ2v) is 4.47. The van der Waals surface area contributed by atoms with Crippen LogP contribution in [-0.4, -0.2) is 6.21 Å². The van der Waals surface area contributed by atoms with Crippen molar-refractivity contribution in [3.8, 4) is 0 Å². The lowest BCUT2D eigenvalue weighted by Crippen LogP contribution is -2.07. The summed E-state index contributed by atoms with van der Waals surface area (Å²) in [5, 5.41) is 3.43. The van der Waals surface area contributed by atoms with Crippen LogP contribution in [0, 0.1) is 36.0 Å². The third kappa shape index (κ3) is 3.24. The quantitative estimate of drug-likeness (QED) is 0.272. The smallest absolute Gasteiger partial charge is 0.200 e. The van der Waals surface area contributed by atoms with Gasteiger partial charge in [0.25, 0.3) is 0 Å². The summed E-state index contributed by atoms with van der Waals surface area (Å²) in [5.41, 5.74) is 0.611. The largest absolute Gasteiger partial charge is 0.391 e. The van der Waals surface area contributed by atoms with Crippen molar-refractivity contribution in [2.75, 3.05) is 0 Å². The van der Waals surface area contributed by atoms with E-state index in [2.05, 4.69) is 9.99 Å². The van der Waals surface area contributed by atoms with Gasteiger partial charge in [0, 0.05) is 0 Å². The molecule has 0 unspecified atom stereocenters. The Morgan fingerprint density at radius 3 is 1.91 bits per heavy atom. The van der Waals surface area contributed by atoms with Gasteiger partial charge >= 0.3 is 0 Å². The number of aryl methyl sites for hydroxylation is 1. The predicted octanol–water partition coefficient (Wildman–Crippen LogP) is 4.24. The van der Waals surface area contributed by atoms with Crippen LogP contribution in [0.15, 0.2) is 29.4 Å². The summed E-state index contributed by atoms with van der Waals surface area (Å²) >= 11 is 0. The fraction of sp³-hybridized carbons (Fsp3) is 0.133. The zero-order valence-corrected chi connectivity index (χ0v) is 11.3. The molecule has 2 aromatic carbocycles. The molecule has 22 heavy (non-hydrogen) atoms. The number of nitrogens with zero attached hydrogens (tertiary/aromatic N) is 1. The first-order valence-electron chi connectivity index (χ1n) is 6.14. The Morgan fingerprint density at radius 2 is 1.36 bits per heavy atom. The summed E-state index contributed by atoms with van der Waals surface area (Å²) in [6.07, 6.45) is 1.26. The first-order chi connectivity index (χ1) is 10.4. The highest BCUT2D eigenvalue weighted by molar-refractivity contribution is 5.79. The monoisotopic (exact) mass is 315 g/mol. The van der Waals surface area contributed by atoms with E-state index in [1.165, 1.54) is 6.21 Å². The van der Waals surface area contributed by atoms with Crippen LogP contribution in [0.4, 0.5) is 22.0 Å². The Balaban J connectivity index is 2.11. The van der Waals surface area contributed by atoms with Gasteiger partial charge in [-0.3, -0.25) is 0 Å². The van der Waals surface area contributed by atoms with Gasteiger partial charge in [-0.1, -0.05) is 35.0 Å². The number of hydrogen-bond acceptors (Lipinski definition) is 2. The molecule has 0 amide bonds. The van der Waals surface area contributed by atoms with Gasteiger partial charge in [0.2, 0.25) is 5.82 Å². The van der Waals surface area contributed by atoms with E-state index in [-0.39, 0.29) is 0 Å². The van der Waals surface area contributed by atoms with Gasteiger partial charge in [-0.25, -0.2) is 22.0 Å². The summed E-state index contributed by atoms with van der Waals surface area (Å²) in [6.45, 7) is 1.01. The Hall–Kier alpha value is -2.44. The van der Waals surface area contributed by atoms with E-state index in [0.29, 0.717) is 5.56 Å². The van der Waals surface area contributed by atoms with Crippen LogP contribution in [0.3, 0.4) is 0 Å². The number of oxime groups is 1. The fourth-order valence-electron chi connectivity index (χ4n) is 1.63. The van der Waals surface area contributed by atoms with Crippen molar-refractivity contribution in [2.45, 2.75) is 13.5 Å². The minimum absolute atomic E-state index is 0.656. The normalized spacial score (nSPS) is 11.2. The molecule has 0 saturated carbocycles. The van der Waals surface area contributed by atoms with Gasteiger partial charge in [-0.05, 0) is 12.5 Å². The Labute approximate surface area is 122 Å². The molecule has 2 rings (SSSR count). The van der Waals surface area contributed by atoms with E-state index in [1.807, 2.05) is 19.1 Å². The van der Waals surface area contributed by atoms with Crippen LogP contribution in [0.1, 0.15) is 16.7 Å². The predicted molar refractivity (Wildman–Crippen MR) is 69.8 cm³/mol. The summed E-state index contributed by atoms with van der Waals surface area (Å²) in [7, 11) is 0. The number of rotatable bonds is 4. The molecule has 0 N–H and O–H groups in total. The molecule has 7 heteroatoms. The molecule has 116 valence electrons. The van der Waals surface area contributed by atoms with Gasteiger partial charge < -0.3 is 4.84 Å². The van der Waals surface area contributed by atoms with Crippen molar-refractivity contribution in [1.29, 1.82) is 0 Å². The maximum atomic E-state index is 13.3. The first-order valence-corrected chi connectivity index (χ1v) is 6.14. The van der Waals surface area contributed by atoms with Crippen LogP contribution in [0.5, 0.6) is 0 Å². The van der Waals surface area contributed by atoms with Crippen LogP contribution in [-0.2, 0) is 11.4 Å². The Bertz CT molecular complexity index is 684. The Morgan fingerprint density at radius 1 is 0.864 bits per heavy atom. The molecule has 0 aromatic heterocycles. The number of hydrogen-bond donors (Lipinski definition) is 0. The fourth-order valence-corrected chi connectivity index (χ4v) is 1.63. The molecular formula is C15H10F5NO. The topological polar surface area (TPSA) is 21.6 Å². The lowest BCUT2D eigenvalue weighted by atomic mass is 10.2. The maximum Gasteiger partial charge on any atom is 0.200 e. The van der Waals surface area contributed by atoms with Crippen LogP contribution >= 0.6 is 0 Å². The van der Waals surface area contributed by atoms with Crippen molar-refractivity contribution in [2.24, 2.45) is 5.16 Å². The highest BCUT2D eigenvalue weighted by atomic mass is 19.2. The van der Waals surface area contributed by atoms with Gasteiger partial charge in [0.15, 0.2) is 23.3 Å². The summed E-state index contributed by atoms with van der Waals surface area (Å²) in [4.78, 5) is 4.60. The third-order valence-corrected chi connectivity index (χ3v) is 2.86. The SMILES string of the molecule is Cc1ccc(C=NOCc2c(F)c(F)c(F)c(F)c2F)cc1. The lowest BCUT2D eigenvalue weighted by molar-refractivity contribution is 0.124. The molecule has 0 aliphatic heterocycles. The molecule has 0 atom stereocenters. The van der Waals surface area contributed by atoms with E-state index >= 15 is 0 Å². The standard InChI is InChI=1S/C15H10F5NO/c1-8-2-4-9(5-3-8)6-21-22-7-10-11(16)13(18)15(20)14(19)12(10)17/h2-6H,7H2,1H3. The first kappa shape index (κ1) is 15.9. The van der Waals surface area contributed by atoms with Crippen molar-refractivity contribution in [3.63, 3.8) is 0 Å². The minimum atomic E-state index is -2.21. The molecule has 0 aliphatic carbocycles. The van der Waals surface area contributed by atoms with Crippen molar-refractivity contribution in [1.82, 2.24) is 0 Å². The maximum absolute atomic E-state index is 13.3. The van der Waals surface area contributed by atoms with Crippen LogP contribution < -0.4 is 0 Å². The van der Waals surface area contributed by atoms with E-state index in [4.69, 9.17) is 0 Å². The van der Waals surface area contributed by atoms with Crippen molar-refractivity contribution < 1.29 is 26.8 Å². The molecule has 0 saturated heterocycles. The molecule has 0 bridgehead atoms. The molecule has 0 aliphatic rings. The molecule has 0 radical (unpaired) electrons. The van der Waals surface area contributed by atoms with Crippen LogP contribution in [0.25, 0.3) is 0 Å². The van der Waals surface area contributed by atoms with Gasteiger partial charge in [-0.15, -0.1) is 0 Å². The van der Waals surface area contributed by atoms with E-state index in [0.717, 1.165) is 5.56 Å². The summed E-state index contributed by atoms with van der Waals surface area (Å²) in [5.74, 6) is -10.1. The molecule has 2 nitrogen and oxygen atoms in total. The third-order valence-electron chi connectivity index (χ3n) is 2.86. The summed E-state index contributed by atoms with van der Waals surface area (Å²) in [6, 6.07) is 7.07. The highest BCUT2D eigenvalue weighted by Gasteiger charge is 2.25. The molecular weight excluding hydrogens is 305 g/mol. The molecule has 2 aromatic rings. The van der Waals surface area contributed by atoms with E-state index < -0.39 is 41.3 Å². The lowest BCUT2D eigenvalue weighted by Gasteiger charge is -2.06. The molecule has 0 fully saturated rings. The summed E-state index contributed by atoms with van der Waals surface area (Å²) < 4.78 is 65.4. The van der Waals surface area contributed by atoms with E-state index in [1.54, 1.807) is 12.1 Å². The van der Waals surface area contributed by atoms with Gasteiger partial charge in [0.1, 0.15) is 6.61 Å². The van der Waals surface area contributed by atoms with Gasteiger partial charge in [-0.2, -0.15) is 0 Å². The van der Waals surface area contributed by atoms with Crippen molar-refractivity contribution >= 4 is 6.21 Å². The number of halogens is 5. The zero-order chi connectivity index (χ0) is 16.3. The average molecular weight is 315 g/mol. The zero-order valence-electron chi connectivity index (χ0n) is 11.3. The minimum Gasteiger partial charge on any atom is -0.391 e. The second kappa shape index (κ2) is 6.55.